The number of benzene rings is 1. The Morgan fingerprint density at radius 2 is 2.00 bits per heavy atom. The molecule has 112 valence electrons. The predicted molar refractivity (Wildman–Crippen MR) is 78.8 cm³/mol. The van der Waals surface area contributed by atoms with Gasteiger partial charge in [-0.25, -0.2) is 8.42 Å². The fourth-order valence-corrected chi connectivity index (χ4v) is 4.21. The van der Waals surface area contributed by atoms with Gasteiger partial charge >= 0.3 is 0 Å². The minimum atomic E-state index is -3.61. The summed E-state index contributed by atoms with van der Waals surface area (Å²) in [5.74, 6) is 0.315. The van der Waals surface area contributed by atoms with Crippen LogP contribution in [0.4, 0.5) is 0 Å². The van der Waals surface area contributed by atoms with E-state index in [0.717, 1.165) is 25.9 Å². The molecule has 0 saturated carbocycles. The Kier molecular flexibility index (Phi) is 4.90. The molecule has 0 aromatic heterocycles. The van der Waals surface area contributed by atoms with Gasteiger partial charge in [0.1, 0.15) is 10.6 Å². The average molecular weight is 319 g/mol. The van der Waals surface area contributed by atoms with Crippen molar-refractivity contribution in [3.8, 4) is 5.75 Å². The summed E-state index contributed by atoms with van der Waals surface area (Å²) in [6.45, 7) is 1.66. The second kappa shape index (κ2) is 6.30. The number of piperidine rings is 1. The first-order valence-electron chi connectivity index (χ1n) is 6.49. The van der Waals surface area contributed by atoms with Crippen LogP contribution in [-0.4, -0.2) is 46.0 Å². The van der Waals surface area contributed by atoms with E-state index in [2.05, 4.69) is 5.32 Å². The van der Waals surface area contributed by atoms with Gasteiger partial charge in [-0.15, -0.1) is 0 Å². The van der Waals surface area contributed by atoms with Gasteiger partial charge in [0, 0.05) is 18.1 Å². The molecule has 0 amide bonds. The molecule has 5 nitrogen and oxygen atoms in total. The molecule has 1 aliphatic heterocycles. The number of hydrogen-bond donors (Lipinski definition) is 1. The Morgan fingerprint density at radius 1 is 1.35 bits per heavy atom. The van der Waals surface area contributed by atoms with E-state index in [1.54, 1.807) is 19.2 Å². The van der Waals surface area contributed by atoms with E-state index < -0.39 is 10.0 Å². The lowest BCUT2D eigenvalue weighted by molar-refractivity contribution is 0.295. The largest absolute Gasteiger partial charge is 0.495 e. The summed E-state index contributed by atoms with van der Waals surface area (Å²) in [4.78, 5) is 0.119. The van der Waals surface area contributed by atoms with E-state index in [1.165, 1.54) is 17.5 Å². The molecule has 0 atom stereocenters. The SMILES string of the molecule is COc1ccc(Cl)cc1S(=O)(=O)N(C)C1CCNCC1. The van der Waals surface area contributed by atoms with Gasteiger partial charge in [0.2, 0.25) is 10.0 Å². The van der Waals surface area contributed by atoms with E-state index in [0.29, 0.717) is 10.8 Å². The Morgan fingerprint density at radius 3 is 2.60 bits per heavy atom. The molecule has 1 aliphatic rings. The number of halogens is 1. The van der Waals surface area contributed by atoms with Crippen LogP contribution in [0.25, 0.3) is 0 Å². The van der Waals surface area contributed by atoms with Gasteiger partial charge in [-0.2, -0.15) is 4.31 Å². The summed E-state index contributed by atoms with van der Waals surface area (Å²) in [5, 5.41) is 3.60. The molecule has 1 N–H and O–H groups in total. The van der Waals surface area contributed by atoms with Gasteiger partial charge in [-0.3, -0.25) is 0 Å². The van der Waals surface area contributed by atoms with Crippen LogP contribution in [0, 0.1) is 0 Å². The number of nitrogens with zero attached hydrogens (tertiary/aromatic N) is 1. The first kappa shape index (κ1) is 15.6. The van der Waals surface area contributed by atoms with Crippen LogP contribution in [0.2, 0.25) is 5.02 Å². The van der Waals surface area contributed by atoms with Crippen molar-refractivity contribution in [2.45, 2.75) is 23.8 Å². The molecule has 20 heavy (non-hydrogen) atoms. The number of sulfonamides is 1. The third-order valence-corrected chi connectivity index (χ3v) is 5.77. The standard InChI is InChI=1S/C13H19ClN2O3S/c1-16(11-5-7-15-8-6-11)20(17,18)13-9-10(14)3-4-12(13)19-2/h3-4,9,11,15H,5-8H2,1-2H3. The fourth-order valence-electron chi connectivity index (χ4n) is 2.37. The molecule has 0 aliphatic carbocycles. The van der Waals surface area contributed by atoms with Crippen molar-refractivity contribution in [1.82, 2.24) is 9.62 Å². The molecule has 2 rings (SSSR count). The molecule has 0 spiro atoms. The molecular formula is C13H19ClN2O3S. The lowest BCUT2D eigenvalue weighted by Crippen LogP contribution is -2.43. The molecule has 1 aromatic rings. The number of nitrogens with one attached hydrogen (secondary N) is 1. The summed E-state index contributed by atoms with van der Waals surface area (Å²) < 4.78 is 32.0. The van der Waals surface area contributed by atoms with Crippen LogP contribution in [0.1, 0.15) is 12.8 Å². The van der Waals surface area contributed by atoms with Crippen molar-refractivity contribution in [1.29, 1.82) is 0 Å². The van der Waals surface area contributed by atoms with Gasteiger partial charge in [-0.05, 0) is 44.1 Å². The highest BCUT2D eigenvalue weighted by Gasteiger charge is 2.31. The van der Waals surface area contributed by atoms with Crippen molar-refractivity contribution < 1.29 is 13.2 Å². The van der Waals surface area contributed by atoms with E-state index in [9.17, 15) is 8.42 Å². The van der Waals surface area contributed by atoms with Crippen LogP contribution in [0.15, 0.2) is 23.1 Å². The Balaban J connectivity index is 2.36. The van der Waals surface area contributed by atoms with Gasteiger partial charge in [0.15, 0.2) is 0 Å². The summed E-state index contributed by atoms with van der Waals surface area (Å²) in [6, 6.07) is 4.63. The highest BCUT2D eigenvalue weighted by Crippen LogP contribution is 2.30. The van der Waals surface area contributed by atoms with Crippen LogP contribution >= 0.6 is 11.6 Å². The van der Waals surface area contributed by atoms with Gasteiger partial charge in [-0.1, -0.05) is 11.6 Å². The number of hydrogen-bond acceptors (Lipinski definition) is 4. The third kappa shape index (κ3) is 3.09. The fraction of sp³-hybridized carbons (Fsp3) is 0.538. The first-order chi connectivity index (χ1) is 9.46. The highest BCUT2D eigenvalue weighted by atomic mass is 35.5. The van der Waals surface area contributed by atoms with Gasteiger partial charge in [0.25, 0.3) is 0 Å². The van der Waals surface area contributed by atoms with Crippen molar-refractivity contribution in [2.75, 3.05) is 27.2 Å². The zero-order chi connectivity index (χ0) is 14.8. The maximum atomic E-state index is 12.7. The van der Waals surface area contributed by atoms with E-state index in [4.69, 9.17) is 16.3 Å². The normalized spacial score (nSPS) is 17.4. The molecule has 1 fully saturated rings. The number of ether oxygens (including phenoxy) is 1. The maximum Gasteiger partial charge on any atom is 0.246 e. The minimum absolute atomic E-state index is 0.00457. The zero-order valence-corrected chi connectivity index (χ0v) is 13.2. The summed E-state index contributed by atoms with van der Waals surface area (Å²) >= 11 is 5.92. The Bertz CT molecular complexity index is 571. The van der Waals surface area contributed by atoms with Crippen LogP contribution in [0.3, 0.4) is 0 Å². The lowest BCUT2D eigenvalue weighted by Gasteiger charge is -2.31. The van der Waals surface area contributed by atoms with E-state index in [-0.39, 0.29) is 10.9 Å². The van der Waals surface area contributed by atoms with Crippen LogP contribution < -0.4 is 10.1 Å². The summed E-state index contributed by atoms with van der Waals surface area (Å²) in [7, 11) is -0.540. The van der Waals surface area contributed by atoms with Gasteiger partial charge < -0.3 is 10.1 Å². The molecule has 1 aromatic carbocycles. The van der Waals surface area contributed by atoms with Crippen molar-refractivity contribution in [3.63, 3.8) is 0 Å². The molecule has 0 radical (unpaired) electrons. The summed E-state index contributed by atoms with van der Waals surface area (Å²) in [5.41, 5.74) is 0. The number of rotatable bonds is 4. The molecular weight excluding hydrogens is 300 g/mol. The minimum Gasteiger partial charge on any atom is -0.495 e. The topological polar surface area (TPSA) is 58.6 Å². The molecule has 0 bridgehead atoms. The maximum absolute atomic E-state index is 12.7. The van der Waals surface area contributed by atoms with Crippen LogP contribution in [-0.2, 0) is 10.0 Å². The monoisotopic (exact) mass is 318 g/mol. The second-order valence-corrected chi connectivity index (χ2v) is 7.20. The zero-order valence-electron chi connectivity index (χ0n) is 11.6. The molecule has 1 heterocycles. The average Bonchev–Trinajstić information content (AvgIpc) is 2.47. The third-order valence-electron chi connectivity index (χ3n) is 3.61. The van der Waals surface area contributed by atoms with E-state index >= 15 is 0 Å². The Hall–Kier alpha value is -0.820. The first-order valence-corrected chi connectivity index (χ1v) is 8.31. The van der Waals surface area contributed by atoms with Crippen LogP contribution in [0.5, 0.6) is 5.75 Å². The Labute approximate surface area is 124 Å². The quantitative estimate of drug-likeness (QED) is 0.918. The van der Waals surface area contributed by atoms with Crippen molar-refractivity contribution >= 4 is 21.6 Å². The molecule has 0 unspecified atom stereocenters. The van der Waals surface area contributed by atoms with Crippen molar-refractivity contribution in [2.24, 2.45) is 0 Å². The highest BCUT2D eigenvalue weighted by molar-refractivity contribution is 7.89. The summed E-state index contributed by atoms with van der Waals surface area (Å²) in [6.07, 6.45) is 1.61. The lowest BCUT2D eigenvalue weighted by atomic mass is 10.1. The van der Waals surface area contributed by atoms with Crippen molar-refractivity contribution in [3.05, 3.63) is 23.2 Å². The molecule has 1 saturated heterocycles. The number of methoxy groups -OCH3 is 1. The smallest absolute Gasteiger partial charge is 0.246 e. The second-order valence-electron chi connectivity index (χ2n) is 4.80. The van der Waals surface area contributed by atoms with E-state index in [1.807, 2.05) is 0 Å². The molecule has 7 heteroatoms. The predicted octanol–water partition coefficient (Wildman–Crippen LogP) is 1.72. The van der Waals surface area contributed by atoms with Gasteiger partial charge in [0.05, 0.1) is 7.11 Å².